The predicted octanol–water partition coefficient (Wildman–Crippen LogP) is 6.40. The highest BCUT2D eigenvalue weighted by Crippen LogP contribution is 2.39. The van der Waals surface area contributed by atoms with E-state index in [1.165, 1.54) is 13.2 Å². The molecule has 2 N–H and O–H groups in total. The molecule has 1 fully saturated rings. The molecule has 2 aliphatic heterocycles. The molecule has 0 aliphatic carbocycles. The first-order valence-corrected chi connectivity index (χ1v) is 17.8. The highest BCUT2D eigenvalue weighted by atomic mass is 32.3. The molecule has 2 rings (SSSR count). The largest absolute Gasteiger partial charge is 0.459 e. The van der Waals surface area contributed by atoms with E-state index in [2.05, 4.69) is 13.8 Å². The highest BCUT2D eigenvalue weighted by Gasteiger charge is 2.45. The molecular weight excluding hydrogens is 624 g/mol. The van der Waals surface area contributed by atoms with Gasteiger partial charge in [0.1, 0.15) is 18.3 Å². The van der Waals surface area contributed by atoms with Crippen LogP contribution in [0.3, 0.4) is 0 Å². The van der Waals surface area contributed by atoms with Crippen molar-refractivity contribution in [3.8, 4) is 0 Å². The van der Waals surface area contributed by atoms with Crippen LogP contribution in [0.4, 0.5) is 0 Å². The number of ketones is 1. The minimum atomic E-state index is -4.93. The number of ether oxygens (including phenoxy) is 3. The van der Waals surface area contributed by atoms with Gasteiger partial charge in [-0.05, 0) is 57.4 Å². The Morgan fingerprint density at radius 1 is 1.00 bits per heavy atom. The molecule has 11 heteroatoms. The number of carbonyl (C=O) groups excluding carboxylic acids is 2. The van der Waals surface area contributed by atoms with E-state index in [-0.39, 0.29) is 24.4 Å². The van der Waals surface area contributed by atoms with Crippen LogP contribution >= 0.6 is 0 Å². The van der Waals surface area contributed by atoms with Crippen molar-refractivity contribution in [1.29, 1.82) is 0 Å². The van der Waals surface area contributed by atoms with Crippen molar-refractivity contribution in [3.05, 3.63) is 72.4 Å². The molecule has 2 aliphatic rings. The number of esters is 1. The number of rotatable bonds is 5. The SMILES string of the molecule is COC12C=CC(C)=CC(C)C(CC(C)C)OC(=O)C=CC=CC=CC=CCCCC(OS(=O)(=O)O)C(O)C(=O)C(C)C(CCC1C)O2. The van der Waals surface area contributed by atoms with E-state index in [9.17, 15) is 27.7 Å². The molecule has 2 heterocycles. The molecule has 8 unspecified atom stereocenters. The van der Waals surface area contributed by atoms with Gasteiger partial charge in [0.25, 0.3) is 0 Å². The van der Waals surface area contributed by atoms with Crippen LogP contribution in [-0.2, 0) is 38.4 Å². The number of aliphatic hydroxyl groups excluding tert-OH is 1. The highest BCUT2D eigenvalue weighted by molar-refractivity contribution is 7.80. The summed E-state index contributed by atoms with van der Waals surface area (Å²) in [5.41, 5.74) is 0.905. The van der Waals surface area contributed by atoms with Crippen LogP contribution in [0.2, 0.25) is 0 Å². The number of hydrogen-bond acceptors (Lipinski definition) is 9. The van der Waals surface area contributed by atoms with Gasteiger partial charge in [0.15, 0.2) is 11.6 Å². The summed E-state index contributed by atoms with van der Waals surface area (Å²) in [7, 11) is -3.40. The lowest BCUT2D eigenvalue weighted by Crippen LogP contribution is -2.51. The topological polar surface area (TPSA) is 146 Å². The fraction of sp³-hybridized carbons (Fsp3) is 0.611. The fourth-order valence-corrected chi connectivity index (χ4v) is 6.32. The maximum atomic E-state index is 13.5. The minimum absolute atomic E-state index is 0.00360. The summed E-state index contributed by atoms with van der Waals surface area (Å²) in [5.74, 6) is -2.91. The summed E-state index contributed by atoms with van der Waals surface area (Å²) in [6, 6.07) is 0. The summed E-state index contributed by atoms with van der Waals surface area (Å²) in [6.45, 7) is 11.7. The van der Waals surface area contributed by atoms with Crippen molar-refractivity contribution in [1.82, 2.24) is 0 Å². The molecule has 0 aromatic carbocycles. The second kappa shape index (κ2) is 19.4. The Morgan fingerprint density at radius 2 is 1.66 bits per heavy atom. The Bertz CT molecular complexity index is 1310. The summed E-state index contributed by atoms with van der Waals surface area (Å²) >= 11 is 0. The monoisotopic (exact) mass is 678 g/mol. The van der Waals surface area contributed by atoms with Gasteiger partial charge in [0.05, 0.1) is 6.10 Å². The van der Waals surface area contributed by atoms with E-state index >= 15 is 0 Å². The van der Waals surface area contributed by atoms with E-state index < -0.39 is 52.2 Å². The molecule has 47 heavy (non-hydrogen) atoms. The van der Waals surface area contributed by atoms with Gasteiger partial charge in [0.2, 0.25) is 0 Å². The number of cyclic esters (lactones) is 1. The van der Waals surface area contributed by atoms with E-state index in [0.29, 0.717) is 38.0 Å². The number of hydrogen-bond donors (Lipinski definition) is 2. The minimum Gasteiger partial charge on any atom is -0.459 e. The van der Waals surface area contributed by atoms with Crippen LogP contribution in [0.25, 0.3) is 0 Å². The van der Waals surface area contributed by atoms with Crippen LogP contribution < -0.4 is 0 Å². The summed E-state index contributed by atoms with van der Waals surface area (Å²) in [5, 5.41) is 11.0. The van der Waals surface area contributed by atoms with Gasteiger partial charge in [-0.25, -0.2) is 8.98 Å². The van der Waals surface area contributed by atoms with Gasteiger partial charge in [-0.1, -0.05) is 94.9 Å². The van der Waals surface area contributed by atoms with Gasteiger partial charge in [-0.15, -0.1) is 0 Å². The van der Waals surface area contributed by atoms with Crippen LogP contribution in [0.15, 0.2) is 72.4 Å². The zero-order valence-corrected chi connectivity index (χ0v) is 29.6. The van der Waals surface area contributed by atoms with Crippen LogP contribution in [0.1, 0.15) is 80.1 Å². The van der Waals surface area contributed by atoms with Crippen LogP contribution in [-0.4, -0.2) is 67.1 Å². The number of carbonyl (C=O) groups is 2. The van der Waals surface area contributed by atoms with Gasteiger partial charge >= 0.3 is 16.4 Å². The third-order valence-corrected chi connectivity index (χ3v) is 9.06. The Morgan fingerprint density at radius 3 is 2.30 bits per heavy atom. The number of aliphatic hydroxyl groups is 1. The summed E-state index contributed by atoms with van der Waals surface area (Å²) in [6.07, 6.45) is 17.9. The van der Waals surface area contributed by atoms with Gasteiger partial charge < -0.3 is 19.3 Å². The molecule has 2 bridgehead atoms. The number of Topliss-reactive ketones (excluding diaryl/α,β-unsaturated/α-hetero) is 1. The molecule has 10 nitrogen and oxygen atoms in total. The van der Waals surface area contributed by atoms with Gasteiger partial charge in [-0.2, -0.15) is 8.42 Å². The predicted molar refractivity (Wildman–Crippen MR) is 181 cm³/mol. The standard InChI is InChI=1S/C36H54O10S/c1-25(2)23-32-27(4)24-26(3)21-22-36(43-7)28(5)19-20-30(45-36)29(6)34(38)35(39)31(46-47(40,41)42)17-15-13-11-9-8-10-12-14-16-18-33(37)44-32/h8-12,14,16,18,21-22,24-25,27-32,35,39H,13,15,17,19-20,23H2,1-7H3,(H,40,41,42). The smallest absolute Gasteiger partial charge is 0.397 e. The molecule has 264 valence electrons. The lowest BCUT2D eigenvalue weighted by molar-refractivity contribution is -0.270. The summed E-state index contributed by atoms with van der Waals surface area (Å²) in [4.78, 5) is 26.1. The van der Waals surface area contributed by atoms with E-state index in [4.69, 9.17) is 18.4 Å². The van der Waals surface area contributed by atoms with E-state index in [1.54, 1.807) is 43.4 Å². The van der Waals surface area contributed by atoms with Crippen molar-refractivity contribution in [2.75, 3.05) is 7.11 Å². The normalized spacial score (nSPS) is 32.7. The number of methoxy groups -OCH3 is 1. The molecule has 0 aromatic heterocycles. The third kappa shape index (κ3) is 13.8. The van der Waals surface area contributed by atoms with Gasteiger partial charge in [0, 0.05) is 30.9 Å². The lowest BCUT2D eigenvalue weighted by Gasteiger charge is -2.44. The maximum absolute atomic E-state index is 13.5. The third-order valence-electron chi connectivity index (χ3n) is 8.57. The first-order valence-electron chi connectivity index (χ1n) is 16.4. The molecule has 0 radical (unpaired) electrons. The van der Waals surface area contributed by atoms with Crippen LogP contribution in [0, 0.1) is 23.7 Å². The van der Waals surface area contributed by atoms with Crippen molar-refractivity contribution < 1.29 is 46.1 Å². The van der Waals surface area contributed by atoms with E-state index in [1.807, 2.05) is 45.1 Å². The first kappa shape index (κ1) is 40.5. The Hall–Kier alpha value is -2.67. The van der Waals surface area contributed by atoms with Gasteiger partial charge in [-0.3, -0.25) is 9.35 Å². The fourth-order valence-electron chi connectivity index (χ4n) is 5.80. The van der Waals surface area contributed by atoms with Crippen molar-refractivity contribution in [2.45, 2.75) is 110 Å². The lowest BCUT2D eigenvalue weighted by atomic mass is 9.83. The average Bonchev–Trinajstić information content (AvgIpc) is 3.00. The first-order chi connectivity index (χ1) is 22.1. The van der Waals surface area contributed by atoms with Crippen LogP contribution in [0.5, 0.6) is 0 Å². The molecule has 0 aromatic rings. The second-order valence-corrected chi connectivity index (χ2v) is 14.0. The Labute approximate surface area is 281 Å². The van der Waals surface area contributed by atoms with Crippen molar-refractivity contribution >= 4 is 22.2 Å². The molecule has 0 spiro atoms. The molecule has 0 amide bonds. The molecule has 8 atom stereocenters. The summed E-state index contributed by atoms with van der Waals surface area (Å²) < 4.78 is 55.5. The average molecular weight is 679 g/mol. The van der Waals surface area contributed by atoms with Crippen molar-refractivity contribution in [2.24, 2.45) is 23.7 Å². The van der Waals surface area contributed by atoms with Crippen molar-refractivity contribution in [3.63, 3.8) is 0 Å². The number of allylic oxidation sites excluding steroid dienone is 9. The maximum Gasteiger partial charge on any atom is 0.397 e. The second-order valence-electron chi connectivity index (χ2n) is 13.0. The van der Waals surface area contributed by atoms with E-state index in [0.717, 1.165) is 5.57 Å². The number of fused-ring (bicyclic) bond motifs is 2. The molecular formula is C36H54O10S. The quantitative estimate of drug-likeness (QED) is 0.247. The molecule has 0 saturated carbocycles. The zero-order chi connectivity index (χ0) is 35.2. The Kier molecular flexibility index (Phi) is 16.7. The zero-order valence-electron chi connectivity index (χ0n) is 28.8. The molecule has 1 saturated heterocycles. The Balaban J connectivity index is 2.45.